The first-order valence-electron chi connectivity index (χ1n) is 8.73. The summed E-state index contributed by atoms with van der Waals surface area (Å²) in [6.45, 7) is 5.38. The van der Waals surface area contributed by atoms with E-state index in [4.69, 9.17) is 4.74 Å². The van der Waals surface area contributed by atoms with Crippen LogP contribution in [-0.2, 0) is 11.3 Å². The maximum Gasteiger partial charge on any atom is 0.427 e. The van der Waals surface area contributed by atoms with Gasteiger partial charge in [0.05, 0.1) is 19.9 Å². The Kier molecular flexibility index (Phi) is 5.76. The molecule has 0 unspecified atom stereocenters. The fourth-order valence-electron chi connectivity index (χ4n) is 2.98. The highest BCUT2D eigenvalue weighted by molar-refractivity contribution is 5.99. The van der Waals surface area contributed by atoms with Crippen LogP contribution in [-0.4, -0.2) is 30.6 Å². The van der Waals surface area contributed by atoms with Crippen molar-refractivity contribution in [1.29, 1.82) is 0 Å². The molecule has 1 amide bonds. The molecule has 0 bridgehead atoms. The summed E-state index contributed by atoms with van der Waals surface area (Å²) >= 11 is 0. The Balaban J connectivity index is 1.73. The Hall–Kier alpha value is -3.28. The molecule has 2 aromatic carbocycles. The average Bonchev–Trinajstić information content (AvgIpc) is 3.01. The number of amides is 1. The molecule has 0 saturated carbocycles. The number of benzene rings is 2. The summed E-state index contributed by atoms with van der Waals surface area (Å²) in [5, 5.41) is 4.98. The number of carbonyl (C=O) groups excluding carboxylic acids is 1. The van der Waals surface area contributed by atoms with E-state index in [1.807, 2.05) is 30.5 Å². The number of hydrogen-bond donors (Lipinski definition) is 1. The van der Waals surface area contributed by atoms with Gasteiger partial charge in [0, 0.05) is 22.7 Å². The van der Waals surface area contributed by atoms with Gasteiger partial charge in [-0.1, -0.05) is 35.9 Å². The maximum absolute atomic E-state index is 11.1. The minimum atomic E-state index is -0.600. The molecular formula is C21H23N3O3. The lowest BCUT2D eigenvalue weighted by atomic mass is 10.1. The predicted molar refractivity (Wildman–Crippen MR) is 106 cm³/mol. The van der Waals surface area contributed by atoms with E-state index in [1.165, 1.54) is 12.7 Å². The first kappa shape index (κ1) is 18.5. The van der Waals surface area contributed by atoms with E-state index in [0.717, 1.165) is 27.8 Å². The normalized spacial score (nSPS) is 11.1. The number of aromatic nitrogens is 1. The van der Waals surface area contributed by atoms with Crippen molar-refractivity contribution in [2.24, 2.45) is 5.10 Å². The molecule has 140 valence electrons. The zero-order valence-electron chi connectivity index (χ0n) is 15.7. The fraction of sp³-hybridized carbons (Fsp3) is 0.238. The van der Waals surface area contributed by atoms with Crippen LogP contribution in [0.3, 0.4) is 0 Å². The van der Waals surface area contributed by atoms with Crippen LogP contribution in [0.2, 0.25) is 0 Å². The second kappa shape index (κ2) is 8.40. The Morgan fingerprint density at radius 1 is 1.22 bits per heavy atom. The third-order valence-corrected chi connectivity index (χ3v) is 4.28. The van der Waals surface area contributed by atoms with Gasteiger partial charge in [0.15, 0.2) is 0 Å². The number of rotatable bonds is 6. The minimum Gasteiger partial charge on any atom is -0.491 e. The van der Waals surface area contributed by atoms with Crippen molar-refractivity contribution in [3.05, 3.63) is 65.4 Å². The molecular weight excluding hydrogens is 342 g/mol. The van der Waals surface area contributed by atoms with Crippen LogP contribution in [0, 0.1) is 13.8 Å². The van der Waals surface area contributed by atoms with E-state index in [9.17, 15) is 4.79 Å². The summed E-state index contributed by atoms with van der Waals surface area (Å²) in [4.78, 5) is 11.1. The van der Waals surface area contributed by atoms with Crippen molar-refractivity contribution >= 4 is 23.2 Å². The van der Waals surface area contributed by atoms with Gasteiger partial charge in [0.25, 0.3) is 0 Å². The highest BCUT2D eigenvalue weighted by Crippen LogP contribution is 2.21. The number of fused-ring (bicyclic) bond motifs is 1. The summed E-state index contributed by atoms with van der Waals surface area (Å²) in [6, 6.07) is 14.2. The molecule has 6 nitrogen and oxygen atoms in total. The first-order chi connectivity index (χ1) is 13.1. The summed E-state index contributed by atoms with van der Waals surface area (Å²) < 4.78 is 12.6. The molecule has 0 aliphatic heterocycles. The number of nitrogens with one attached hydrogen (secondary N) is 1. The Labute approximate surface area is 158 Å². The second-order valence-electron chi connectivity index (χ2n) is 6.27. The molecule has 0 fully saturated rings. The summed E-state index contributed by atoms with van der Waals surface area (Å²) in [6.07, 6.45) is 3.01. The minimum absolute atomic E-state index is 0.555. The van der Waals surface area contributed by atoms with E-state index in [1.54, 1.807) is 6.21 Å². The number of nitrogens with zero attached hydrogens (tertiary/aromatic N) is 2. The molecule has 6 heteroatoms. The van der Waals surface area contributed by atoms with Gasteiger partial charge in [-0.25, -0.2) is 10.2 Å². The van der Waals surface area contributed by atoms with Gasteiger partial charge in [-0.3, -0.25) is 0 Å². The third-order valence-electron chi connectivity index (χ3n) is 4.28. The van der Waals surface area contributed by atoms with Gasteiger partial charge in [-0.15, -0.1) is 0 Å². The molecule has 1 N–H and O–H groups in total. The van der Waals surface area contributed by atoms with Crippen molar-refractivity contribution in [3.63, 3.8) is 0 Å². The molecule has 27 heavy (non-hydrogen) atoms. The van der Waals surface area contributed by atoms with Gasteiger partial charge < -0.3 is 14.0 Å². The van der Waals surface area contributed by atoms with E-state index in [-0.39, 0.29) is 0 Å². The molecule has 0 aliphatic rings. The number of hydrazone groups is 1. The second-order valence-corrected chi connectivity index (χ2v) is 6.27. The Morgan fingerprint density at radius 2 is 2.04 bits per heavy atom. The number of ether oxygens (including phenoxy) is 2. The summed E-state index contributed by atoms with van der Waals surface area (Å²) in [5.74, 6) is 0.904. The van der Waals surface area contributed by atoms with Crippen LogP contribution < -0.4 is 10.2 Å². The predicted octanol–water partition coefficient (Wildman–Crippen LogP) is 4.03. The first-order valence-corrected chi connectivity index (χ1v) is 8.73. The lowest BCUT2D eigenvalue weighted by Crippen LogP contribution is -2.16. The number of hydrogen-bond acceptors (Lipinski definition) is 4. The molecule has 3 rings (SSSR count). The van der Waals surface area contributed by atoms with Crippen LogP contribution in [0.25, 0.3) is 10.9 Å². The van der Waals surface area contributed by atoms with Crippen LogP contribution in [0.5, 0.6) is 5.75 Å². The van der Waals surface area contributed by atoms with Crippen molar-refractivity contribution in [2.75, 3.05) is 13.7 Å². The highest BCUT2D eigenvalue weighted by atomic mass is 16.5. The number of carbonyl (C=O) groups is 1. The highest BCUT2D eigenvalue weighted by Gasteiger charge is 2.07. The SMILES string of the molecule is COC(=O)N/N=C\c1cn(CCOc2ccc(C)cc2C)c2ccccc12. The molecule has 0 saturated heterocycles. The summed E-state index contributed by atoms with van der Waals surface area (Å²) in [5.41, 5.74) is 6.66. The summed E-state index contributed by atoms with van der Waals surface area (Å²) in [7, 11) is 1.30. The number of methoxy groups -OCH3 is 1. The number of para-hydroxylation sites is 1. The van der Waals surface area contributed by atoms with Gasteiger partial charge >= 0.3 is 6.09 Å². The standard InChI is InChI=1S/C21H23N3O3/c1-15-8-9-20(16(2)12-15)27-11-10-24-14-17(13-22-23-21(25)26-3)18-6-4-5-7-19(18)24/h4-9,12-14H,10-11H2,1-3H3,(H,23,25)/b22-13-. The zero-order valence-corrected chi connectivity index (χ0v) is 15.7. The van der Waals surface area contributed by atoms with Crippen LogP contribution in [0.4, 0.5) is 4.79 Å². The zero-order chi connectivity index (χ0) is 19.2. The quantitative estimate of drug-likeness (QED) is 0.530. The van der Waals surface area contributed by atoms with Gasteiger partial charge in [0.1, 0.15) is 12.4 Å². The fourth-order valence-corrected chi connectivity index (χ4v) is 2.98. The Morgan fingerprint density at radius 3 is 2.81 bits per heavy atom. The van der Waals surface area contributed by atoms with E-state index in [2.05, 4.69) is 51.9 Å². The molecule has 0 radical (unpaired) electrons. The lowest BCUT2D eigenvalue weighted by Gasteiger charge is -2.11. The number of aryl methyl sites for hydroxylation is 2. The molecule has 1 heterocycles. The van der Waals surface area contributed by atoms with Crippen LogP contribution in [0.1, 0.15) is 16.7 Å². The molecule has 0 aliphatic carbocycles. The topological polar surface area (TPSA) is 64.8 Å². The van der Waals surface area contributed by atoms with Crippen molar-refractivity contribution < 1.29 is 14.3 Å². The largest absolute Gasteiger partial charge is 0.491 e. The molecule has 1 aromatic heterocycles. The van der Waals surface area contributed by atoms with Crippen molar-refractivity contribution in [1.82, 2.24) is 9.99 Å². The lowest BCUT2D eigenvalue weighted by molar-refractivity contribution is 0.171. The van der Waals surface area contributed by atoms with Crippen molar-refractivity contribution in [2.45, 2.75) is 20.4 Å². The van der Waals surface area contributed by atoms with E-state index < -0.39 is 6.09 Å². The van der Waals surface area contributed by atoms with Gasteiger partial charge in [-0.05, 0) is 31.5 Å². The third kappa shape index (κ3) is 4.47. The van der Waals surface area contributed by atoms with E-state index in [0.29, 0.717) is 13.2 Å². The smallest absolute Gasteiger partial charge is 0.427 e. The molecule has 0 atom stereocenters. The average molecular weight is 365 g/mol. The van der Waals surface area contributed by atoms with Crippen LogP contribution >= 0.6 is 0 Å². The molecule has 3 aromatic rings. The van der Waals surface area contributed by atoms with Gasteiger partial charge in [-0.2, -0.15) is 5.10 Å². The van der Waals surface area contributed by atoms with Crippen LogP contribution in [0.15, 0.2) is 53.8 Å². The van der Waals surface area contributed by atoms with Crippen molar-refractivity contribution in [3.8, 4) is 5.75 Å². The Bertz CT molecular complexity index is 976. The molecule has 0 spiro atoms. The van der Waals surface area contributed by atoms with E-state index >= 15 is 0 Å². The monoisotopic (exact) mass is 365 g/mol. The maximum atomic E-state index is 11.1. The van der Waals surface area contributed by atoms with Gasteiger partial charge in [0.2, 0.25) is 0 Å².